The smallest absolute Gasteiger partial charge is 0.0169 e. The summed E-state index contributed by atoms with van der Waals surface area (Å²) in [6.07, 6.45) is 7.16. The zero-order valence-corrected chi connectivity index (χ0v) is 5.65. The molecular weight excluding hydrogens is 96.1 g/mol. The van der Waals surface area contributed by atoms with Gasteiger partial charge in [0, 0.05) is 0 Å². The average Bonchev–Trinajstić information content (AvgIpc) is 2.53. The Hall–Kier alpha value is -0.260. The van der Waals surface area contributed by atoms with Crippen LogP contribution in [0.5, 0.6) is 0 Å². The molecule has 1 unspecified atom stereocenters. The molecule has 1 radical (unpaired) electrons. The molecule has 0 N–H and O–H groups in total. The van der Waals surface area contributed by atoms with Crippen molar-refractivity contribution >= 4 is 0 Å². The van der Waals surface area contributed by atoms with Gasteiger partial charge in [-0.05, 0) is 32.1 Å². The lowest BCUT2D eigenvalue weighted by molar-refractivity contribution is 0.929. The van der Waals surface area contributed by atoms with Gasteiger partial charge < -0.3 is 0 Å². The van der Waals surface area contributed by atoms with Crippen molar-refractivity contribution in [3.63, 3.8) is 0 Å². The van der Waals surface area contributed by atoms with Gasteiger partial charge in [0.25, 0.3) is 0 Å². The van der Waals surface area contributed by atoms with Crippen LogP contribution in [0.4, 0.5) is 0 Å². The van der Waals surface area contributed by atoms with Gasteiger partial charge in [-0.15, -0.1) is 0 Å². The number of hydrogen-bond acceptors (Lipinski definition) is 0. The molecule has 1 aliphatic carbocycles. The van der Waals surface area contributed by atoms with E-state index in [1.54, 1.807) is 5.57 Å². The van der Waals surface area contributed by atoms with Gasteiger partial charge in [0.2, 0.25) is 0 Å². The van der Waals surface area contributed by atoms with Crippen LogP contribution in [0.1, 0.15) is 26.7 Å². The summed E-state index contributed by atoms with van der Waals surface area (Å²) in [5, 5.41) is 0. The molecule has 0 heteroatoms. The van der Waals surface area contributed by atoms with Gasteiger partial charge in [0.05, 0.1) is 0 Å². The molecule has 0 nitrogen and oxygen atoms in total. The maximum atomic E-state index is 2.36. The molecule has 0 aromatic carbocycles. The average molecular weight is 109 g/mol. The standard InChI is InChI=1S/C8H13/c1-3-7(4-2)8-5-6-8/h3,5,8H,4,6H2,1-2H3. The second-order valence-corrected chi connectivity index (χ2v) is 2.30. The van der Waals surface area contributed by atoms with Crippen LogP contribution in [0, 0.1) is 12.3 Å². The fourth-order valence-electron chi connectivity index (χ4n) is 1.05. The molecule has 1 fully saturated rings. The molecule has 0 aliphatic heterocycles. The molecule has 0 saturated heterocycles. The summed E-state index contributed by atoms with van der Waals surface area (Å²) >= 11 is 0. The van der Waals surface area contributed by atoms with Gasteiger partial charge >= 0.3 is 0 Å². The van der Waals surface area contributed by atoms with Crippen molar-refractivity contribution in [2.24, 2.45) is 5.92 Å². The minimum Gasteiger partial charge on any atom is -0.0882 e. The third kappa shape index (κ3) is 1.12. The van der Waals surface area contributed by atoms with Crippen molar-refractivity contribution in [1.82, 2.24) is 0 Å². The monoisotopic (exact) mass is 109 g/mol. The first-order chi connectivity index (χ1) is 3.88. The Kier molecular flexibility index (Phi) is 1.72. The van der Waals surface area contributed by atoms with Gasteiger partial charge in [0.15, 0.2) is 0 Å². The van der Waals surface area contributed by atoms with Gasteiger partial charge in [-0.2, -0.15) is 0 Å². The van der Waals surface area contributed by atoms with Crippen molar-refractivity contribution in [2.75, 3.05) is 0 Å². The van der Waals surface area contributed by atoms with Crippen LogP contribution in [0.15, 0.2) is 11.6 Å². The van der Waals surface area contributed by atoms with Gasteiger partial charge in [-0.25, -0.2) is 0 Å². The first kappa shape index (κ1) is 5.87. The molecule has 0 bridgehead atoms. The minimum absolute atomic E-state index is 0.866. The second-order valence-electron chi connectivity index (χ2n) is 2.30. The van der Waals surface area contributed by atoms with Gasteiger partial charge in [0.1, 0.15) is 0 Å². The molecule has 8 heavy (non-hydrogen) atoms. The molecule has 45 valence electrons. The lowest BCUT2D eigenvalue weighted by atomic mass is 10.1. The molecule has 0 aromatic rings. The highest BCUT2D eigenvalue weighted by atomic mass is 14.3. The van der Waals surface area contributed by atoms with E-state index in [4.69, 9.17) is 0 Å². The zero-order chi connectivity index (χ0) is 5.98. The highest BCUT2D eigenvalue weighted by Gasteiger charge is 2.23. The van der Waals surface area contributed by atoms with Crippen molar-refractivity contribution in [1.29, 1.82) is 0 Å². The van der Waals surface area contributed by atoms with E-state index >= 15 is 0 Å². The largest absolute Gasteiger partial charge is 0.0882 e. The van der Waals surface area contributed by atoms with Gasteiger partial charge in [-0.3, -0.25) is 0 Å². The third-order valence-electron chi connectivity index (χ3n) is 1.73. The van der Waals surface area contributed by atoms with E-state index in [0.717, 1.165) is 5.92 Å². The summed E-state index contributed by atoms with van der Waals surface area (Å²) in [4.78, 5) is 0. The van der Waals surface area contributed by atoms with Crippen LogP contribution in [0.2, 0.25) is 0 Å². The van der Waals surface area contributed by atoms with Crippen molar-refractivity contribution in [3.05, 3.63) is 18.1 Å². The van der Waals surface area contributed by atoms with E-state index in [1.165, 1.54) is 12.8 Å². The number of rotatable bonds is 2. The Labute approximate surface area is 51.6 Å². The zero-order valence-electron chi connectivity index (χ0n) is 5.65. The van der Waals surface area contributed by atoms with Crippen LogP contribution in [-0.2, 0) is 0 Å². The lowest BCUT2D eigenvalue weighted by Gasteiger charge is -1.96. The Bertz CT molecular complexity index is 96.6. The summed E-state index contributed by atoms with van der Waals surface area (Å²) in [5.74, 6) is 0.866. The minimum atomic E-state index is 0.866. The highest BCUT2D eigenvalue weighted by Crippen LogP contribution is 2.36. The van der Waals surface area contributed by atoms with Gasteiger partial charge in [-0.1, -0.05) is 18.6 Å². The van der Waals surface area contributed by atoms with Crippen molar-refractivity contribution in [2.45, 2.75) is 26.7 Å². The Morgan fingerprint density at radius 3 is 2.62 bits per heavy atom. The number of hydrogen-bond donors (Lipinski definition) is 0. The maximum absolute atomic E-state index is 2.36. The number of allylic oxidation sites excluding steroid dienone is 2. The molecule has 1 saturated carbocycles. The van der Waals surface area contributed by atoms with Crippen molar-refractivity contribution < 1.29 is 0 Å². The predicted molar refractivity (Wildman–Crippen MR) is 36.5 cm³/mol. The Balaban J connectivity index is 2.37. The second kappa shape index (κ2) is 2.34. The molecule has 0 spiro atoms. The Morgan fingerprint density at radius 2 is 2.50 bits per heavy atom. The molecule has 1 atom stereocenters. The first-order valence-electron chi connectivity index (χ1n) is 3.37. The maximum Gasteiger partial charge on any atom is -0.0169 e. The Morgan fingerprint density at radius 1 is 1.88 bits per heavy atom. The van der Waals surface area contributed by atoms with E-state index < -0.39 is 0 Å². The fraction of sp³-hybridized carbons (Fsp3) is 0.625. The van der Waals surface area contributed by atoms with Crippen LogP contribution in [0.3, 0.4) is 0 Å². The molecule has 0 heterocycles. The SMILES string of the molecule is CC=C(CC)C1[CH]C1. The highest BCUT2D eigenvalue weighted by molar-refractivity contribution is 5.19. The normalized spacial score (nSPS) is 21.5. The molecule has 0 aromatic heterocycles. The first-order valence-corrected chi connectivity index (χ1v) is 3.37. The third-order valence-corrected chi connectivity index (χ3v) is 1.73. The molecule has 1 aliphatic rings. The van der Waals surface area contributed by atoms with E-state index in [2.05, 4.69) is 26.3 Å². The summed E-state index contributed by atoms with van der Waals surface area (Å²) in [6.45, 7) is 4.35. The van der Waals surface area contributed by atoms with E-state index in [9.17, 15) is 0 Å². The van der Waals surface area contributed by atoms with Crippen LogP contribution in [-0.4, -0.2) is 0 Å². The molecular formula is C8H13. The van der Waals surface area contributed by atoms with Crippen LogP contribution < -0.4 is 0 Å². The quantitative estimate of drug-likeness (QED) is 0.478. The summed E-state index contributed by atoms with van der Waals surface area (Å²) in [6, 6.07) is 0. The van der Waals surface area contributed by atoms with E-state index in [1.807, 2.05) is 0 Å². The summed E-state index contributed by atoms with van der Waals surface area (Å²) in [7, 11) is 0. The fourth-order valence-corrected chi connectivity index (χ4v) is 1.05. The van der Waals surface area contributed by atoms with E-state index in [0.29, 0.717) is 0 Å². The van der Waals surface area contributed by atoms with E-state index in [-0.39, 0.29) is 0 Å². The molecule has 1 rings (SSSR count). The molecule has 0 amide bonds. The van der Waals surface area contributed by atoms with Crippen LogP contribution >= 0.6 is 0 Å². The van der Waals surface area contributed by atoms with Crippen molar-refractivity contribution in [3.8, 4) is 0 Å². The topological polar surface area (TPSA) is 0 Å². The lowest BCUT2D eigenvalue weighted by Crippen LogP contribution is -1.80. The predicted octanol–water partition coefficient (Wildman–Crippen LogP) is 2.57. The summed E-state index contributed by atoms with van der Waals surface area (Å²) in [5.41, 5.74) is 1.62. The van der Waals surface area contributed by atoms with Crippen LogP contribution in [0.25, 0.3) is 0 Å². The summed E-state index contributed by atoms with van der Waals surface area (Å²) < 4.78 is 0.